The highest BCUT2D eigenvalue weighted by atomic mass is 15.1. The minimum atomic E-state index is 1.09. The van der Waals surface area contributed by atoms with Gasteiger partial charge in [-0.25, -0.2) is 9.13 Å². The van der Waals surface area contributed by atoms with Crippen molar-refractivity contribution in [1.82, 2.24) is 4.57 Å². The molecule has 0 aromatic carbocycles. The Balaban J connectivity index is 2.03. The van der Waals surface area contributed by atoms with Gasteiger partial charge in [-0.15, -0.1) is 0 Å². The molecule has 1 aromatic rings. The second-order valence-electron chi connectivity index (χ2n) is 5.69. The van der Waals surface area contributed by atoms with E-state index in [1.807, 2.05) is 0 Å². The summed E-state index contributed by atoms with van der Waals surface area (Å²) in [6, 6.07) is 0. The van der Waals surface area contributed by atoms with E-state index < -0.39 is 0 Å². The largest absolute Gasteiger partial charge is 0.256 e. The molecule has 0 aliphatic carbocycles. The van der Waals surface area contributed by atoms with Gasteiger partial charge in [0.2, 0.25) is 0 Å². The fourth-order valence-corrected chi connectivity index (χ4v) is 2.76. The van der Waals surface area contributed by atoms with Gasteiger partial charge in [0.15, 0.2) is 0 Å². The van der Waals surface area contributed by atoms with Crippen LogP contribution in [0.5, 0.6) is 0 Å². The minimum Gasteiger partial charge on any atom is -0.237 e. The molecule has 0 aliphatic heterocycles. The summed E-state index contributed by atoms with van der Waals surface area (Å²) in [6.07, 6.45) is 18.3. The summed E-state index contributed by atoms with van der Waals surface area (Å²) in [7, 11) is 2.16. The number of aryl methyl sites for hydroxylation is 2. The van der Waals surface area contributed by atoms with Gasteiger partial charge in [-0.05, 0) is 13.3 Å². The van der Waals surface area contributed by atoms with E-state index in [4.69, 9.17) is 0 Å². The zero-order valence-corrected chi connectivity index (χ0v) is 13.3. The number of hydrogen-bond donors (Lipinski definition) is 0. The summed E-state index contributed by atoms with van der Waals surface area (Å²) < 4.78 is 4.64. The van der Waals surface area contributed by atoms with Crippen LogP contribution in [0.2, 0.25) is 0 Å². The fourth-order valence-electron chi connectivity index (χ4n) is 2.76. The molecule has 0 saturated carbocycles. The SMILES string of the molecule is CCCCCCCCCCCc1n(C)cc[n+]1CC. The molecular weight excluding hydrogens is 232 g/mol. The Bertz CT molecular complexity index is 328. The zero-order chi connectivity index (χ0) is 13.9. The van der Waals surface area contributed by atoms with E-state index in [1.54, 1.807) is 0 Å². The van der Waals surface area contributed by atoms with E-state index in [0.717, 1.165) is 6.54 Å². The summed E-state index contributed by atoms with van der Waals surface area (Å²) >= 11 is 0. The van der Waals surface area contributed by atoms with Crippen LogP contribution in [0.15, 0.2) is 12.4 Å². The first-order chi connectivity index (χ1) is 9.29. The average molecular weight is 265 g/mol. The van der Waals surface area contributed by atoms with Gasteiger partial charge in [0, 0.05) is 6.42 Å². The van der Waals surface area contributed by atoms with Crippen molar-refractivity contribution in [2.75, 3.05) is 0 Å². The normalized spacial score (nSPS) is 11.1. The highest BCUT2D eigenvalue weighted by Gasteiger charge is 2.11. The van der Waals surface area contributed by atoms with Crippen LogP contribution >= 0.6 is 0 Å². The molecule has 1 rings (SSSR count). The van der Waals surface area contributed by atoms with Crippen molar-refractivity contribution in [3.8, 4) is 0 Å². The summed E-state index contributed by atoms with van der Waals surface area (Å²) in [5, 5.41) is 0. The van der Waals surface area contributed by atoms with Crippen LogP contribution in [-0.4, -0.2) is 4.57 Å². The Kier molecular flexibility index (Phi) is 8.61. The summed E-state index contributed by atoms with van der Waals surface area (Å²) in [4.78, 5) is 0. The molecule has 1 heterocycles. The monoisotopic (exact) mass is 265 g/mol. The Morgan fingerprint density at radius 2 is 1.47 bits per heavy atom. The smallest absolute Gasteiger partial charge is 0.237 e. The molecule has 0 amide bonds. The quantitative estimate of drug-likeness (QED) is 0.414. The van der Waals surface area contributed by atoms with Crippen molar-refractivity contribution in [3.05, 3.63) is 18.2 Å². The van der Waals surface area contributed by atoms with Gasteiger partial charge in [-0.1, -0.05) is 58.3 Å². The van der Waals surface area contributed by atoms with Gasteiger partial charge in [-0.2, -0.15) is 0 Å². The van der Waals surface area contributed by atoms with Crippen molar-refractivity contribution >= 4 is 0 Å². The first kappa shape index (κ1) is 16.3. The molecule has 0 fully saturated rings. The molecule has 0 atom stereocenters. The highest BCUT2D eigenvalue weighted by Crippen LogP contribution is 2.10. The van der Waals surface area contributed by atoms with E-state index in [9.17, 15) is 0 Å². The second-order valence-corrected chi connectivity index (χ2v) is 5.69. The van der Waals surface area contributed by atoms with Crippen LogP contribution in [-0.2, 0) is 20.0 Å². The van der Waals surface area contributed by atoms with Crippen LogP contribution < -0.4 is 4.57 Å². The predicted octanol–water partition coefficient (Wildman–Crippen LogP) is 4.41. The summed E-state index contributed by atoms with van der Waals surface area (Å²) in [5.41, 5.74) is 0. The minimum absolute atomic E-state index is 1.09. The molecular formula is C17H33N2+. The topological polar surface area (TPSA) is 8.81 Å². The molecule has 0 saturated heterocycles. The van der Waals surface area contributed by atoms with Crippen LogP contribution in [0.4, 0.5) is 0 Å². The molecule has 2 heteroatoms. The first-order valence-corrected chi connectivity index (χ1v) is 8.33. The lowest BCUT2D eigenvalue weighted by atomic mass is 10.1. The number of imidazole rings is 1. The zero-order valence-electron chi connectivity index (χ0n) is 13.3. The molecule has 0 N–H and O–H groups in total. The molecule has 0 radical (unpaired) electrons. The maximum absolute atomic E-state index is 2.37. The number of aromatic nitrogens is 2. The van der Waals surface area contributed by atoms with Crippen molar-refractivity contribution in [2.24, 2.45) is 7.05 Å². The van der Waals surface area contributed by atoms with Gasteiger partial charge in [0.05, 0.1) is 13.6 Å². The maximum atomic E-state index is 2.37. The number of nitrogens with zero attached hydrogens (tertiary/aromatic N) is 2. The number of hydrogen-bond acceptors (Lipinski definition) is 0. The van der Waals surface area contributed by atoms with Crippen molar-refractivity contribution in [3.63, 3.8) is 0 Å². The highest BCUT2D eigenvalue weighted by molar-refractivity contribution is 4.82. The standard InChI is InChI=1S/C17H33N2/c1-4-6-7-8-9-10-11-12-13-14-17-18(3)15-16-19(17)5-2/h15-16H,4-14H2,1-3H3/q+1. The van der Waals surface area contributed by atoms with E-state index in [2.05, 4.69) is 42.4 Å². The lowest BCUT2D eigenvalue weighted by Crippen LogP contribution is -2.35. The number of rotatable bonds is 11. The molecule has 0 aliphatic rings. The second kappa shape index (κ2) is 10.1. The Morgan fingerprint density at radius 3 is 2.05 bits per heavy atom. The number of unbranched alkanes of at least 4 members (excludes halogenated alkanes) is 8. The van der Waals surface area contributed by atoms with E-state index in [-0.39, 0.29) is 0 Å². The van der Waals surface area contributed by atoms with Gasteiger partial charge >= 0.3 is 0 Å². The van der Waals surface area contributed by atoms with Crippen molar-refractivity contribution in [2.45, 2.75) is 84.6 Å². The molecule has 0 unspecified atom stereocenters. The lowest BCUT2D eigenvalue weighted by Gasteiger charge is -2.02. The average Bonchev–Trinajstić information content (AvgIpc) is 2.77. The van der Waals surface area contributed by atoms with Gasteiger partial charge in [-0.3, -0.25) is 0 Å². The van der Waals surface area contributed by atoms with E-state index >= 15 is 0 Å². The Hall–Kier alpha value is -0.790. The van der Waals surface area contributed by atoms with Crippen LogP contribution in [0, 0.1) is 0 Å². The van der Waals surface area contributed by atoms with Gasteiger partial charge in [0.1, 0.15) is 12.4 Å². The van der Waals surface area contributed by atoms with E-state index in [1.165, 1.54) is 70.0 Å². The molecule has 1 aromatic heterocycles. The first-order valence-electron chi connectivity index (χ1n) is 8.33. The third kappa shape index (κ3) is 6.26. The molecule has 0 spiro atoms. The molecule has 110 valence electrons. The molecule has 0 bridgehead atoms. The Labute approximate surface area is 119 Å². The summed E-state index contributed by atoms with van der Waals surface area (Å²) in [6.45, 7) is 5.60. The Morgan fingerprint density at radius 1 is 0.895 bits per heavy atom. The third-order valence-corrected chi connectivity index (χ3v) is 4.05. The van der Waals surface area contributed by atoms with Crippen LogP contribution in [0.3, 0.4) is 0 Å². The maximum Gasteiger partial charge on any atom is 0.256 e. The van der Waals surface area contributed by atoms with E-state index in [0.29, 0.717) is 0 Å². The van der Waals surface area contributed by atoms with Gasteiger partial charge in [0.25, 0.3) is 5.82 Å². The fraction of sp³-hybridized carbons (Fsp3) is 0.824. The van der Waals surface area contributed by atoms with Crippen LogP contribution in [0.1, 0.15) is 77.5 Å². The predicted molar refractivity (Wildman–Crippen MR) is 82.2 cm³/mol. The summed E-state index contributed by atoms with van der Waals surface area (Å²) in [5.74, 6) is 1.48. The van der Waals surface area contributed by atoms with Crippen molar-refractivity contribution in [1.29, 1.82) is 0 Å². The molecule has 19 heavy (non-hydrogen) atoms. The van der Waals surface area contributed by atoms with Crippen LogP contribution in [0.25, 0.3) is 0 Å². The van der Waals surface area contributed by atoms with Crippen molar-refractivity contribution < 1.29 is 4.57 Å². The lowest BCUT2D eigenvalue weighted by molar-refractivity contribution is -0.700. The third-order valence-electron chi connectivity index (χ3n) is 4.05. The molecule has 2 nitrogen and oxygen atoms in total. The van der Waals surface area contributed by atoms with Gasteiger partial charge < -0.3 is 0 Å².